The Balaban J connectivity index is 0.898. The van der Waals surface area contributed by atoms with Crippen molar-refractivity contribution in [2.45, 2.75) is 89.9 Å². The molecule has 4 aromatic rings. The molecule has 0 atom stereocenters. The topological polar surface area (TPSA) is 60.9 Å². The van der Waals surface area contributed by atoms with E-state index in [0.717, 1.165) is 81.0 Å². The molecule has 1 saturated heterocycles. The average molecular weight is 721 g/mol. The lowest BCUT2D eigenvalue weighted by molar-refractivity contribution is -0.150. The second kappa shape index (κ2) is 22.7. The predicted molar refractivity (Wildman–Crippen MR) is 217 cm³/mol. The molecule has 2 aromatic carbocycles. The van der Waals surface area contributed by atoms with E-state index in [-0.39, 0.29) is 12.8 Å². The molecular formula is C45H56N2O4S. The zero-order valence-electron chi connectivity index (χ0n) is 30.9. The van der Waals surface area contributed by atoms with Crippen molar-refractivity contribution in [3.8, 4) is 11.6 Å². The summed E-state index contributed by atoms with van der Waals surface area (Å²) in [7, 11) is 0. The number of carbonyl (C=O) groups excluding carboxylic acids is 1. The zero-order chi connectivity index (χ0) is 36.1. The molecule has 6 nitrogen and oxygen atoms in total. The summed E-state index contributed by atoms with van der Waals surface area (Å²) in [5, 5.41) is 4.67. The molecule has 0 saturated carbocycles. The highest BCUT2D eigenvalue weighted by Crippen LogP contribution is 2.35. The summed E-state index contributed by atoms with van der Waals surface area (Å²) in [4.78, 5) is 19.4. The molecule has 0 aliphatic carbocycles. The molecule has 2 aromatic heterocycles. The van der Waals surface area contributed by atoms with Gasteiger partial charge in [0.15, 0.2) is 0 Å². The third-order valence-corrected chi connectivity index (χ3v) is 10.4. The number of aromatic nitrogens is 1. The Morgan fingerprint density at radius 3 is 2.42 bits per heavy atom. The van der Waals surface area contributed by atoms with Crippen molar-refractivity contribution in [3.05, 3.63) is 114 Å². The van der Waals surface area contributed by atoms with Gasteiger partial charge in [-0.2, -0.15) is 0 Å². The molecule has 276 valence electrons. The van der Waals surface area contributed by atoms with Gasteiger partial charge in [-0.3, -0.25) is 4.79 Å². The molecule has 3 heterocycles. The number of unbranched alkanes of at least 4 members (excludes halogenated alkanes) is 3. The van der Waals surface area contributed by atoms with Crippen LogP contribution in [0.15, 0.2) is 109 Å². The van der Waals surface area contributed by atoms with Crippen molar-refractivity contribution in [2.24, 2.45) is 0 Å². The Hall–Kier alpha value is -4.20. The van der Waals surface area contributed by atoms with Crippen molar-refractivity contribution in [1.82, 2.24) is 9.88 Å². The Morgan fingerprint density at radius 2 is 1.62 bits per heavy atom. The summed E-state index contributed by atoms with van der Waals surface area (Å²) >= 11 is 1.84. The fourth-order valence-electron chi connectivity index (χ4n) is 6.57. The van der Waals surface area contributed by atoms with Crippen LogP contribution in [0, 0.1) is 0 Å². The number of hydrogen-bond acceptors (Lipinski definition) is 7. The third kappa shape index (κ3) is 13.4. The molecule has 52 heavy (non-hydrogen) atoms. The fourth-order valence-corrected chi connectivity index (χ4v) is 7.39. The van der Waals surface area contributed by atoms with Gasteiger partial charge in [0.05, 0.1) is 12.1 Å². The van der Waals surface area contributed by atoms with E-state index in [1.807, 2.05) is 35.6 Å². The molecule has 0 bridgehead atoms. The average Bonchev–Trinajstić information content (AvgIpc) is 3.66. The van der Waals surface area contributed by atoms with Crippen molar-refractivity contribution >= 4 is 38.3 Å². The number of nitrogens with zero attached hydrogens (tertiary/aromatic N) is 2. The SMILES string of the molecule is CC/C=C\C/C=C\C/C=C\C/C=C\CCCCC(=O)OCOc1ccc2ccc(OCCCCN3CCC(c4cccc5sccc45)CC3)cc2n1. The molecule has 0 unspecified atom stereocenters. The van der Waals surface area contributed by atoms with Gasteiger partial charge in [0, 0.05) is 28.6 Å². The van der Waals surface area contributed by atoms with Gasteiger partial charge in [-0.1, -0.05) is 67.7 Å². The van der Waals surface area contributed by atoms with Crippen LogP contribution in [0.2, 0.25) is 0 Å². The molecule has 1 aliphatic heterocycles. The van der Waals surface area contributed by atoms with Crippen LogP contribution in [-0.4, -0.2) is 48.9 Å². The fraction of sp³-hybridized carbons (Fsp3) is 0.422. The van der Waals surface area contributed by atoms with Gasteiger partial charge in [-0.25, -0.2) is 4.98 Å². The Kier molecular flexibility index (Phi) is 17.0. The number of likely N-dealkylation sites (tertiary alicyclic amines) is 1. The second-order valence-electron chi connectivity index (χ2n) is 13.4. The van der Waals surface area contributed by atoms with E-state index in [1.54, 1.807) is 6.07 Å². The molecule has 1 fully saturated rings. The van der Waals surface area contributed by atoms with Crippen LogP contribution < -0.4 is 9.47 Å². The van der Waals surface area contributed by atoms with E-state index in [4.69, 9.17) is 14.2 Å². The van der Waals surface area contributed by atoms with E-state index in [9.17, 15) is 4.79 Å². The van der Waals surface area contributed by atoms with Crippen LogP contribution in [0.25, 0.3) is 21.0 Å². The summed E-state index contributed by atoms with van der Waals surface area (Å²) in [6.07, 6.45) is 29.3. The number of thiophene rings is 1. The highest BCUT2D eigenvalue weighted by molar-refractivity contribution is 7.17. The first-order chi connectivity index (χ1) is 25.7. The normalized spacial score (nSPS) is 14.6. The zero-order valence-corrected chi connectivity index (χ0v) is 31.7. The molecular weight excluding hydrogens is 665 g/mol. The van der Waals surface area contributed by atoms with Crippen molar-refractivity contribution < 1.29 is 19.0 Å². The maximum atomic E-state index is 12.2. The van der Waals surface area contributed by atoms with E-state index in [1.165, 1.54) is 41.6 Å². The largest absolute Gasteiger partial charge is 0.494 e. The minimum atomic E-state index is -0.252. The van der Waals surface area contributed by atoms with Gasteiger partial charge < -0.3 is 19.1 Å². The van der Waals surface area contributed by atoms with E-state index in [0.29, 0.717) is 24.8 Å². The number of carbonyl (C=O) groups is 1. The first kappa shape index (κ1) is 39.0. The van der Waals surface area contributed by atoms with Crippen LogP contribution in [0.1, 0.15) is 95.5 Å². The number of allylic oxidation sites excluding steroid dienone is 8. The quantitative estimate of drug-likeness (QED) is 0.0349. The second-order valence-corrected chi connectivity index (χ2v) is 14.3. The van der Waals surface area contributed by atoms with Crippen LogP contribution >= 0.6 is 11.3 Å². The lowest BCUT2D eigenvalue weighted by atomic mass is 9.87. The number of benzene rings is 2. The van der Waals surface area contributed by atoms with Gasteiger partial charge in [-0.15, -0.1) is 11.3 Å². The van der Waals surface area contributed by atoms with Gasteiger partial charge in [0.25, 0.3) is 0 Å². The number of pyridine rings is 1. The lowest BCUT2D eigenvalue weighted by Gasteiger charge is -2.32. The molecule has 0 radical (unpaired) electrons. The first-order valence-electron chi connectivity index (χ1n) is 19.3. The number of piperidine rings is 1. The summed E-state index contributed by atoms with van der Waals surface area (Å²) < 4.78 is 18.4. The van der Waals surface area contributed by atoms with E-state index < -0.39 is 0 Å². The Bertz CT molecular complexity index is 1770. The Morgan fingerprint density at radius 1 is 0.846 bits per heavy atom. The maximum Gasteiger partial charge on any atom is 0.308 e. The minimum absolute atomic E-state index is 0.146. The number of ether oxygens (including phenoxy) is 3. The lowest BCUT2D eigenvalue weighted by Crippen LogP contribution is -2.33. The highest BCUT2D eigenvalue weighted by atomic mass is 32.1. The van der Waals surface area contributed by atoms with Gasteiger partial charge in [-0.05, 0) is 143 Å². The molecule has 0 amide bonds. The van der Waals surface area contributed by atoms with Crippen molar-refractivity contribution in [2.75, 3.05) is 33.0 Å². The third-order valence-electron chi connectivity index (χ3n) is 9.48. The molecule has 7 heteroatoms. The number of fused-ring (bicyclic) bond motifs is 2. The van der Waals surface area contributed by atoms with Crippen LogP contribution in [0.4, 0.5) is 0 Å². The van der Waals surface area contributed by atoms with E-state index >= 15 is 0 Å². The van der Waals surface area contributed by atoms with Gasteiger partial charge in [0.1, 0.15) is 5.75 Å². The first-order valence-corrected chi connectivity index (χ1v) is 20.2. The van der Waals surface area contributed by atoms with Crippen molar-refractivity contribution in [1.29, 1.82) is 0 Å². The molecule has 5 rings (SSSR count). The van der Waals surface area contributed by atoms with Gasteiger partial charge in [0.2, 0.25) is 12.7 Å². The van der Waals surface area contributed by atoms with Crippen LogP contribution in [-0.2, 0) is 9.53 Å². The smallest absolute Gasteiger partial charge is 0.308 e. The van der Waals surface area contributed by atoms with Crippen LogP contribution in [0.5, 0.6) is 11.6 Å². The summed E-state index contributed by atoms with van der Waals surface area (Å²) in [5.74, 6) is 1.64. The molecule has 0 N–H and O–H groups in total. The van der Waals surface area contributed by atoms with E-state index in [2.05, 4.69) is 95.1 Å². The minimum Gasteiger partial charge on any atom is -0.494 e. The highest BCUT2D eigenvalue weighted by Gasteiger charge is 2.22. The van der Waals surface area contributed by atoms with Gasteiger partial charge >= 0.3 is 5.97 Å². The number of esters is 1. The summed E-state index contributed by atoms with van der Waals surface area (Å²) in [6.45, 7) is 6.13. The maximum absolute atomic E-state index is 12.2. The summed E-state index contributed by atoms with van der Waals surface area (Å²) in [6, 6.07) is 18.8. The number of hydrogen-bond donors (Lipinski definition) is 0. The van der Waals surface area contributed by atoms with Crippen LogP contribution in [0.3, 0.4) is 0 Å². The van der Waals surface area contributed by atoms with Crippen molar-refractivity contribution in [3.63, 3.8) is 0 Å². The number of rotatable bonds is 22. The predicted octanol–water partition coefficient (Wildman–Crippen LogP) is 11.7. The standard InChI is InChI=1S/C45H56N2O4S/c1-2-3-4-5-6-7-8-9-10-11-12-13-14-15-16-22-45(48)51-36-50-44-26-24-38-23-25-39(35-42(38)46-44)49-33-18-17-30-47-31-27-37(28-32-47)40-20-19-21-43-41(40)29-34-52-43/h3-4,6-7,9-10,12-13,19-21,23-26,29,34-35,37H,2,5,8,11,14-18,22,27-28,30-33,36H2,1H3/b4-3-,7-6-,10-9-,13-12-. The summed E-state index contributed by atoms with van der Waals surface area (Å²) in [5.41, 5.74) is 2.33. The Labute approximate surface area is 314 Å². The monoisotopic (exact) mass is 720 g/mol. The molecule has 0 spiro atoms. The molecule has 1 aliphatic rings.